The number of pyridine rings is 1. The van der Waals surface area contributed by atoms with Crippen LogP contribution >= 0.6 is 0 Å². The predicted molar refractivity (Wildman–Crippen MR) is 77.7 cm³/mol. The lowest BCUT2D eigenvalue weighted by Gasteiger charge is -2.26. The highest BCUT2D eigenvalue weighted by atomic mass is 16.2. The number of para-hydroxylation sites is 1. The minimum atomic E-state index is -0.348. The Morgan fingerprint density at radius 1 is 1.26 bits per heavy atom. The minimum absolute atomic E-state index is 0.139. The Morgan fingerprint density at radius 3 is 2.63 bits per heavy atom. The van der Waals surface area contributed by atoms with E-state index in [-0.39, 0.29) is 11.3 Å². The lowest BCUT2D eigenvalue weighted by atomic mass is 9.95. The smallest absolute Gasteiger partial charge is 0.227 e. The van der Waals surface area contributed by atoms with Crippen LogP contribution in [0, 0.1) is 5.41 Å². The van der Waals surface area contributed by atoms with Gasteiger partial charge in [0.2, 0.25) is 5.91 Å². The number of nitrogens with zero attached hydrogens (tertiary/aromatic N) is 2. The summed E-state index contributed by atoms with van der Waals surface area (Å²) in [4.78, 5) is 18.3. The van der Waals surface area contributed by atoms with Crippen LogP contribution in [-0.2, 0) is 11.3 Å². The van der Waals surface area contributed by atoms with Crippen LogP contribution < -0.4 is 0 Å². The van der Waals surface area contributed by atoms with E-state index in [1.54, 1.807) is 4.90 Å². The average molecular weight is 256 g/mol. The van der Waals surface area contributed by atoms with Gasteiger partial charge in [-0.1, -0.05) is 39.0 Å². The summed E-state index contributed by atoms with van der Waals surface area (Å²) in [5.74, 6) is 0.139. The Morgan fingerprint density at radius 2 is 1.95 bits per heavy atom. The van der Waals surface area contributed by atoms with Gasteiger partial charge in [-0.15, -0.1) is 0 Å². The standard InChI is InChI=1S/C16H20N2O/c1-16(2,3)15(19)18(4)11-12-9-13-7-5-6-8-14(13)17-10-12/h5-10H,11H2,1-4H3. The zero-order valence-electron chi connectivity index (χ0n) is 12.0. The summed E-state index contributed by atoms with van der Waals surface area (Å²) in [5.41, 5.74) is 1.69. The van der Waals surface area contributed by atoms with Gasteiger partial charge in [-0.3, -0.25) is 9.78 Å². The van der Waals surface area contributed by atoms with Gasteiger partial charge in [0.05, 0.1) is 5.52 Å². The fraction of sp³-hybridized carbons (Fsp3) is 0.375. The number of benzene rings is 1. The monoisotopic (exact) mass is 256 g/mol. The van der Waals surface area contributed by atoms with Gasteiger partial charge < -0.3 is 4.90 Å². The molecule has 0 aliphatic carbocycles. The molecule has 0 N–H and O–H groups in total. The lowest BCUT2D eigenvalue weighted by Crippen LogP contribution is -2.36. The summed E-state index contributed by atoms with van der Waals surface area (Å²) >= 11 is 0. The topological polar surface area (TPSA) is 33.2 Å². The van der Waals surface area contributed by atoms with Gasteiger partial charge in [-0.05, 0) is 17.7 Å². The van der Waals surface area contributed by atoms with Crippen LogP contribution in [0.3, 0.4) is 0 Å². The SMILES string of the molecule is CN(Cc1cnc2ccccc2c1)C(=O)C(C)(C)C. The van der Waals surface area contributed by atoms with Crippen molar-refractivity contribution in [1.82, 2.24) is 9.88 Å². The van der Waals surface area contributed by atoms with Crippen molar-refractivity contribution in [2.75, 3.05) is 7.05 Å². The zero-order chi connectivity index (χ0) is 14.0. The van der Waals surface area contributed by atoms with Crippen LogP contribution in [0.1, 0.15) is 26.3 Å². The summed E-state index contributed by atoms with van der Waals surface area (Å²) in [7, 11) is 1.84. The maximum Gasteiger partial charge on any atom is 0.227 e. The summed E-state index contributed by atoms with van der Waals surface area (Å²) < 4.78 is 0. The lowest BCUT2D eigenvalue weighted by molar-refractivity contribution is -0.138. The van der Waals surface area contributed by atoms with Gasteiger partial charge in [-0.2, -0.15) is 0 Å². The Balaban J connectivity index is 2.19. The summed E-state index contributed by atoms with van der Waals surface area (Å²) in [6.07, 6.45) is 1.84. The number of hydrogen-bond donors (Lipinski definition) is 0. The molecule has 3 nitrogen and oxygen atoms in total. The Hall–Kier alpha value is -1.90. The summed E-state index contributed by atoms with van der Waals surface area (Å²) in [6.45, 7) is 6.40. The van der Waals surface area contributed by atoms with Crippen molar-refractivity contribution in [3.8, 4) is 0 Å². The molecule has 0 saturated heterocycles. The van der Waals surface area contributed by atoms with E-state index in [0.29, 0.717) is 6.54 Å². The van der Waals surface area contributed by atoms with Crippen molar-refractivity contribution in [3.63, 3.8) is 0 Å². The summed E-state index contributed by atoms with van der Waals surface area (Å²) in [5, 5.41) is 1.11. The second kappa shape index (κ2) is 5.00. The van der Waals surface area contributed by atoms with E-state index < -0.39 is 0 Å². The fourth-order valence-corrected chi connectivity index (χ4v) is 2.12. The van der Waals surface area contributed by atoms with Crippen molar-refractivity contribution in [2.45, 2.75) is 27.3 Å². The normalized spacial score (nSPS) is 11.6. The average Bonchev–Trinajstić information content (AvgIpc) is 2.36. The highest BCUT2D eigenvalue weighted by molar-refractivity contribution is 5.82. The third kappa shape index (κ3) is 3.11. The predicted octanol–water partition coefficient (Wildman–Crippen LogP) is 3.24. The molecule has 0 fully saturated rings. The molecule has 1 heterocycles. The van der Waals surface area contributed by atoms with E-state index in [2.05, 4.69) is 11.1 Å². The van der Waals surface area contributed by atoms with Gasteiger partial charge >= 0.3 is 0 Å². The molecule has 0 aliphatic rings. The Labute approximate surface area is 114 Å². The molecule has 0 bridgehead atoms. The second-order valence-electron chi connectivity index (χ2n) is 5.95. The third-order valence-electron chi connectivity index (χ3n) is 3.06. The first-order valence-corrected chi connectivity index (χ1v) is 6.47. The van der Waals surface area contributed by atoms with Gasteiger partial charge in [0.1, 0.15) is 0 Å². The van der Waals surface area contributed by atoms with Crippen LogP contribution in [0.25, 0.3) is 10.9 Å². The molecule has 3 heteroatoms. The molecule has 19 heavy (non-hydrogen) atoms. The number of fused-ring (bicyclic) bond motifs is 1. The highest BCUT2D eigenvalue weighted by Crippen LogP contribution is 2.19. The molecule has 100 valence electrons. The third-order valence-corrected chi connectivity index (χ3v) is 3.06. The van der Waals surface area contributed by atoms with Gasteiger partial charge in [-0.25, -0.2) is 0 Å². The molecule has 2 aromatic rings. The highest BCUT2D eigenvalue weighted by Gasteiger charge is 2.24. The molecule has 1 amide bonds. The zero-order valence-corrected chi connectivity index (χ0v) is 12.0. The number of carbonyl (C=O) groups is 1. The number of carbonyl (C=O) groups excluding carboxylic acids is 1. The molecule has 0 saturated carbocycles. The molecule has 0 radical (unpaired) electrons. The Bertz CT molecular complexity index is 599. The van der Waals surface area contributed by atoms with E-state index in [1.165, 1.54) is 0 Å². The quantitative estimate of drug-likeness (QED) is 0.826. The fourth-order valence-electron chi connectivity index (χ4n) is 2.12. The maximum absolute atomic E-state index is 12.1. The van der Waals surface area contributed by atoms with Crippen LogP contribution in [0.5, 0.6) is 0 Å². The van der Waals surface area contributed by atoms with E-state index in [9.17, 15) is 4.79 Å². The molecule has 2 rings (SSSR count). The number of rotatable bonds is 2. The van der Waals surface area contributed by atoms with Gasteiger partial charge in [0.25, 0.3) is 0 Å². The van der Waals surface area contributed by atoms with Gasteiger partial charge in [0, 0.05) is 30.6 Å². The van der Waals surface area contributed by atoms with Crippen LogP contribution in [-0.4, -0.2) is 22.8 Å². The maximum atomic E-state index is 12.1. The molecule has 0 unspecified atom stereocenters. The van der Waals surface area contributed by atoms with Crippen molar-refractivity contribution >= 4 is 16.8 Å². The van der Waals surface area contributed by atoms with Crippen molar-refractivity contribution < 1.29 is 4.79 Å². The molecule has 0 atom stereocenters. The first-order chi connectivity index (χ1) is 8.88. The van der Waals surface area contributed by atoms with Crippen LogP contribution in [0.2, 0.25) is 0 Å². The molecular weight excluding hydrogens is 236 g/mol. The number of hydrogen-bond acceptors (Lipinski definition) is 2. The van der Waals surface area contributed by atoms with Crippen LogP contribution in [0.4, 0.5) is 0 Å². The van der Waals surface area contributed by atoms with Crippen molar-refractivity contribution in [3.05, 3.63) is 42.1 Å². The van der Waals surface area contributed by atoms with Crippen molar-refractivity contribution in [2.24, 2.45) is 5.41 Å². The Kier molecular flexibility index (Phi) is 3.56. The molecule has 1 aromatic carbocycles. The second-order valence-corrected chi connectivity index (χ2v) is 5.95. The molecule has 1 aromatic heterocycles. The molecular formula is C16H20N2O. The van der Waals surface area contributed by atoms with E-state index >= 15 is 0 Å². The first kappa shape index (κ1) is 13.5. The van der Waals surface area contributed by atoms with E-state index in [0.717, 1.165) is 16.5 Å². The molecule has 0 aliphatic heterocycles. The first-order valence-electron chi connectivity index (χ1n) is 6.47. The molecule has 0 spiro atoms. The van der Waals surface area contributed by atoms with E-state index in [1.807, 2.05) is 58.3 Å². The van der Waals surface area contributed by atoms with Crippen molar-refractivity contribution in [1.29, 1.82) is 0 Å². The largest absolute Gasteiger partial charge is 0.341 e. The summed E-state index contributed by atoms with van der Waals surface area (Å²) in [6, 6.07) is 10.1. The minimum Gasteiger partial charge on any atom is -0.341 e. The number of aromatic nitrogens is 1. The van der Waals surface area contributed by atoms with E-state index in [4.69, 9.17) is 0 Å². The van der Waals surface area contributed by atoms with Crippen LogP contribution in [0.15, 0.2) is 36.5 Å². The number of amides is 1. The van der Waals surface area contributed by atoms with Gasteiger partial charge in [0.15, 0.2) is 0 Å².